The third kappa shape index (κ3) is 5.96. The average Bonchev–Trinajstić information content (AvgIpc) is 2.61. The molecule has 1 aromatic rings. The van der Waals surface area contributed by atoms with E-state index in [2.05, 4.69) is 11.4 Å². The van der Waals surface area contributed by atoms with Gasteiger partial charge in [0, 0.05) is 31.1 Å². The highest BCUT2D eigenvalue weighted by Crippen LogP contribution is 2.26. The van der Waals surface area contributed by atoms with E-state index in [1.54, 1.807) is 11.8 Å². The van der Waals surface area contributed by atoms with Crippen LogP contribution in [-0.2, 0) is 9.53 Å². The van der Waals surface area contributed by atoms with Gasteiger partial charge in [-0.05, 0) is 19.1 Å². The Balaban J connectivity index is 1.82. The number of hydrogen-bond donors (Lipinski definition) is 1. The zero-order chi connectivity index (χ0) is 18.1. The summed E-state index contributed by atoms with van der Waals surface area (Å²) in [5, 5.41) is 11.6. The standard InChI is InChI=1S/C17H22N4O3S/c1-2-24-17(23)21-10-8-20(9-11-21)13-16(22)19-14-5-3-4-6-15(14)25-12-7-18/h3-6H,2,8-13H2,1H3,(H,19,22). The van der Waals surface area contributed by atoms with Crippen molar-refractivity contribution in [2.24, 2.45) is 0 Å². The van der Waals surface area contributed by atoms with Gasteiger partial charge in [0.15, 0.2) is 0 Å². The van der Waals surface area contributed by atoms with Crippen molar-refractivity contribution in [1.29, 1.82) is 5.26 Å². The van der Waals surface area contributed by atoms with Crippen molar-refractivity contribution < 1.29 is 14.3 Å². The zero-order valence-corrected chi connectivity index (χ0v) is 15.1. The molecule has 1 N–H and O–H groups in total. The van der Waals surface area contributed by atoms with Crippen LogP contribution in [0.25, 0.3) is 0 Å². The third-order valence-electron chi connectivity index (χ3n) is 3.72. The molecule has 7 nitrogen and oxygen atoms in total. The van der Waals surface area contributed by atoms with E-state index in [4.69, 9.17) is 10.00 Å². The summed E-state index contributed by atoms with van der Waals surface area (Å²) in [4.78, 5) is 28.5. The predicted octanol–water partition coefficient (Wildman–Crippen LogP) is 2.01. The Morgan fingerprint density at radius 3 is 2.68 bits per heavy atom. The first-order chi connectivity index (χ1) is 12.1. The number of carbonyl (C=O) groups excluding carboxylic acids is 2. The average molecular weight is 362 g/mol. The van der Waals surface area contributed by atoms with Gasteiger partial charge in [-0.2, -0.15) is 5.26 Å². The first kappa shape index (κ1) is 19.1. The number of rotatable bonds is 6. The molecule has 8 heteroatoms. The maximum Gasteiger partial charge on any atom is 0.409 e. The van der Waals surface area contributed by atoms with Crippen molar-refractivity contribution in [3.05, 3.63) is 24.3 Å². The van der Waals surface area contributed by atoms with E-state index in [1.807, 2.05) is 29.2 Å². The van der Waals surface area contributed by atoms with Crippen LogP contribution in [-0.4, -0.2) is 66.9 Å². The molecule has 0 bridgehead atoms. The van der Waals surface area contributed by atoms with Crippen LogP contribution in [0.3, 0.4) is 0 Å². The summed E-state index contributed by atoms with van der Waals surface area (Å²) in [6, 6.07) is 9.53. The minimum Gasteiger partial charge on any atom is -0.450 e. The lowest BCUT2D eigenvalue weighted by atomic mass is 10.3. The number of para-hydroxylation sites is 1. The highest BCUT2D eigenvalue weighted by molar-refractivity contribution is 7.99. The molecular formula is C17H22N4O3S. The Bertz CT molecular complexity index is 639. The fraction of sp³-hybridized carbons (Fsp3) is 0.471. The molecule has 1 aromatic carbocycles. The van der Waals surface area contributed by atoms with Gasteiger partial charge in [-0.15, -0.1) is 11.8 Å². The number of benzene rings is 1. The van der Waals surface area contributed by atoms with Gasteiger partial charge in [0.25, 0.3) is 0 Å². The maximum atomic E-state index is 12.3. The normalized spacial score (nSPS) is 14.6. The second kappa shape index (κ2) is 9.91. The molecule has 1 saturated heterocycles. The molecule has 0 spiro atoms. The summed E-state index contributed by atoms with van der Waals surface area (Å²) >= 11 is 1.40. The number of anilines is 1. The summed E-state index contributed by atoms with van der Waals surface area (Å²) in [6.45, 7) is 4.80. The van der Waals surface area contributed by atoms with E-state index in [0.717, 1.165) is 10.6 Å². The molecule has 2 amide bonds. The highest BCUT2D eigenvalue weighted by atomic mass is 32.2. The number of thioether (sulfide) groups is 1. The molecule has 0 radical (unpaired) electrons. The van der Waals surface area contributed by atoms with Crippen LogP contribution in [0.4, 0.5) is 10.5 Å². The second-order valence-corrected chi connectivity index (χ2v) is 6.47. The smallest absolute Gasteiger partial charge is 0.409 e. The molecule has 1 aliphatic heterocycles. The summed E-state index contributed by atoms with van der Waals surface area (Å²) in [5.41, 5.74) is 0.720. The van der Waals surface area contributed by atoms with E-state index in [9.17, 15) is 9.59 Å². The molecule has 0 unspecified atom stereocenters. The Morgan fingerprint density at radius 1 is 1.28 bits per heavy atom. The molecule has 0 aliphatic carbocycles. The fourth-order valence-corrected chi connectivity index (χ4v) is 3.17. The fourth-order valence-electron chi connectivity index (χ4n) is 2.50. The monoisotopic (exact) mass is 362 g/mol. The van der Waals surface area contributed by atoms with E-state index in [0.29, 0.717) is 38.5 Å². The van der Waals surface area contributed by atoms with Crippen molar-refractivity contribution in [2.45, 2.75) is 11.8 Å². The SMILES string of the molecule is CCOC(=O)N1CCN(CC(=O)Nc2ccccc2SCC#N)CC1. The molecule has 2 rings (SSSR count). The van der Waals surface area contributed by atoms with E-state index < -0.39 is 0 Å². The minimum absolute atomic E-state index is 0.102. The summed E-state index contributed by atoms with van der Waals surface area (Å²) in [5.74, 6) is 0.234. The van der Waals surface area contributed by atoms with Crippen LogP contribution < -0.4 is 5.32 Å². The number of ether oxygens (including phenoxy) is 1. The quantitative estimate of drug-likeness (QED) is 0.779. The van der Waals surface area contributed by atoms with Gasteiger partial charge < -0.3 is 15.0 Å². The maximum absolute atomic E-state index is 12.3. The van der Waals surface area contributed by atoms with Gasteiger partial charge in [0.05, 0.1) is 30.7 Å². The lowest BCUT2D eigenvalue weighted by Crippen LogP contribution is -2.50. The molecular weight excluding hydrogens is 340 g/mol. The van der Waals surface area contributed by atoms with Crippen molar-refractivity contribution in [2.75, 3.05) is 50.4 Å². The van der Waals surface area contributed by atoms with Crippen LogP contribution >= 0.6 is 11.8 Å². The largest absolute Gasteiger partial charge is 0.450 e. The number of carbonyl (C=O) groups is 2. The number of nitrogens with zero attached hydrogens (tertiary/aromatic N) is 3. The van der Waals surface area contributed by atoms with Crippen molar-refractivity contribution in [1.82, 2.24) is 9.80 Å². The molecule has 25 heavy (non-hydrogen) atoms. The molecule has 0 aromatic heterocycles. The molecule has 0 saturated carbocycles. The Kier molecular flexibility index (Phi) is 7.57. The lowest BCUT2D eigenvalue weighted by Gasteiger charge is -2.33. The Labute approximate surface area is 151 Å². The first-order valence-corrected chi connectivity index (χ1v) is 9.15. The Morgan fingerprint density at radius 2 is 2.00 bits per heavy atom. The summed E-state index contributed by atoms with van der Waals surface area (Å²) in [7, 11) is 0. The molecule has 0 atom stereocenters. The predicted molar refractivity (Wildman–Crippen MR) is 96.4 cm³/mol. The number of piperazine rings is 1. The molecule has 1 fully saturated rings. The Hall–Kier alpha value is -2.24. The van der Waals surface area contributed by atoms with Crippen LogP contribution in [0.5, 0.6) is 0 Å². The van der Waals surface area contributed by atoms with Gasteiger partial charge in [-0.25, -0.2) is 4.79 Å². The van der Waals surface area contributed by atoms with Crippen LogP contribution in [0.1, 0.15) is 6.92 Å². The van der Waals surface area contributed by atoms with Crippen molar-refractivity contribution in [3.63, 3.8) is 0 Å². The summed E-state index contributed by atoms with van der Waals surface area (Å²) < 4.78 is 4.99. The second-order valence-electron chi connectivity index (χ2n) is 5.45. The van der Waals surface area contributed by atoms with Gasteiger partial charge in [0.2, 0.25) is 5.91 Å². The van der Waals surface area contributed by atoms with Crippen LogP contribution in [0.15, 0.2) is 29.2 Å². The molecule has 1 heterocycles. The number of nitrogens with one attached hydrogen (secondary N) is 1. The van der Waals surface area contributed by atoms with Crippen molar-refractivity contribution in [3.8, 4) is 6.07 Å². The number of hydrogen-bond acceptors (Lipinski definition) is 6. The van der Waals surface area contributed by atoms with Gasteiger partial charge >= 0.3 is 6.09 Å². The topological polar surface area (TPSA) is 85.7 Å². The van der Waals surface area contributed by atoms with E-state index in [-0.39, 0.29) is 18.5 Å². The first-order valence-electron chi connectivity index (χ1n) is 8.16. The van der Waals surface area contributed by atoms with Crippen LogP contribution in [0.2, 0.25) is 0 Å². The zero-order valence-electron chi connectivity index (χ0n) is 14.2. The van der Waals surface area contributed by atoms with Gasteiger partial charge in [-0.3, -0.25) is 9.69 Å². The van der Waals surface area contributed by atoms with E-state index >= 15 is 0 Å². The van der Waals surface area contributed by atoms with Crippen molar-refractivity contribution >= 4 is 29.4 Å². The van der Waals surface area contributed by atoms with Crippen LogP contribution in [0, 0.1) is 11.3 Å². The number of amides is 2. The van der Waals surface area contributed by atoms with Gasteiger partial charge in [0.1, 0.15) is 0 Å². The molecule has 134 valence electrons. The lowest BCUT2D eigenvalue weighted by molar-refractivity contribution is -0.117. The van der Waals surface area contributed by atoms with E-state index in [1.165, 1.54) is 11.8 Å². The third-order valence-corrected chi connectivity index (χ3v) is 4.66. The minimum atomic E-state index is -0.296. The highest BCUT2D eigenvalue weighted by Gasteiger charge is 2.23. The summed E-state index contributed by atoms with van der Waals surface area (Å²) in [6.07, 6.45) is -0.296. The molecule has 1 aliphatic rings. The number of nitriles is 1. The van der Waals surface area contributed by atoms with Gasteiger partial charge in [-0.1, -0.05) is 12.1 Å².